The van der Waals surface area contributed by atoms with Crippen LogP contribution in [-0.2, 0) is 0 Å². The van der Waals surface area contributed by atoms with Gasteiger partial charge in [0.2, 0.25) is 0 Å². The van der Waals surface area contributed by atoms with E-state index in [4.69, 9.17) is 0 Å². The predicted octanol–water partition coefficient (Wildman–Crippen LogP) is 5.74. The van der Waals surface area contributed by atoms with E-state index in [9.17, 15) is 4.79 Å². The zero-order chi connectivity index (χ0) is 20.9. The van der Waals surface area contributed by atoms with Gasteiger partial charge in [0.1, 0.15) is 4.88 Å². The first-order chi connectivity index (χ1) is 14.6. The van der Waals surface area contributed by atoms with Crippen LogP contribution >= 0.6 is 11.3 Å². The van der Waals surface area contributed by atoms with Crippen molar-refractivity contribution in [1.29, 1.82) is 0 Å². The van der Waals surface area contributed by atoms with Crippen molar-refractivity contribution in [2.24, 2.45) is 0 Å². The molecule has 0 unspecified atom stereocenters. The molecule has 0 aliphatic rings. The lowest BCUT2D eigenvalue weighted by atomic mass is 9.98. The number of para-hydroxylation sites is 1. The molecule has 150 valence electrons. The molecule has 1 heterocycles. The van der Waals surface area contributed by atoms with Crippen molar-refractivity contribution in [2.75, 3.05) is 11.9 Å². The minimum Gasteiger partial charge on any atom is -0.340 e. The fourth-order valence-electron chi connectivity index (χ4n) is 3.35. The molecular weight excluding hydrogens is 390 g/mol. The van der Waals surface area contributed by atoms with E-state index in [0.717, 1.165) is 27.6 Å². The van der Waals surface area contributed by atoms with Crippen LogP contribution in [0, 0.1) is 6.92 Å². The van der Waals surface area contributed by atoms with E-state index in [-0.39, 0.29) is 11.9 Å². The van der Waals surface area contributed by atoms with Gasteiger partial charge in [0.05, 0.1) is 11.7 Å². The highest BCUT2D eigenvalue weighted by Gasteiger charge is 2.22. The SMILES string of the molecule is Cc1nc(N(C)c2ccccc2)sc1C(=O)NC(c1ccccc1)c1ccccc1. The number of nitrogens with zero attached hydrogens (tertiary/aromatic N) is 2. The molecule has 0 spiro atoms. The van der Waals surface area contributed by atoms with Gasteiger partial charge < -0.3 is 10.2 Å². The molecule has 4 rings (SSSR count). The topological polar surface area (TPSA) is 45.2 Å². The van der Waals surface area contributed by atoms with E-state index in [1.807, 2.05) is 110 Å². The number of carbonyl (C=O) groups is 1. The lowest BCUT2D eigenvalue weighted by molar-refractivity contribution is 0.0946. The Morgan fingerprint density at radius 1 is 0.867 bits per heavy atom. The fourth-order valence-corrected chi connectivity index (χ4v) is 4.30. The van der Waals surface area contributed by atoms with E-state index in [1.165, 1.54) is 11.3 Å². The van der Waals surface area contributed by atoms with Crippen LogP contribution in [-0.4, -0.2) is 17.9 Å². The Labute approximate surface area is 180 Å². The van der Waals surface area contributed by atoms with Crippen molar-refractivity contribution in [3.63, 3.8) is 0 Å². The molecule has 0 radical (unpaired) electrons. The Balaban J connectivity index is 1.61. The first-order valence-corrected chi connectivity index (χ1v) is 10.6. The molecule has 1 amide bonds. The molecule has 4 nitrogen and oxygen atoms in total. The summed E-state index contributed by atoms with van der Waals surface area (Å²) in [5.74, 6) is -0.115. The van der Waals surface area contributed by atoms with Crippen molar-refractivity contribution in [3.05, 3.63) is 113 Å². The Bertz CT molecular complexity index is 1070. The van der Waals surface area contributed by atoms with Crippen LogP contribution < -0.4 is 10.2 Å². The molecule has 0 bridgehead atoms. The molecule has 5 heteroatoms. The maximum atomic E-state index is 13.2. The van der Waals surface area contributed by atoms with Gasteiger partial charge in [0.25, 0.3) is 5.91 Å². The molecule has 0 aliphatic carbocycles. The largest absolute Gasteiger partial charge is 0.340 e. The second-order valence-electron chi connectivity index (χ2n) is 7.03. The molecule has 0 saturated heterocycles. The van der Waals surface area contributed by atoms with E-state index in [1.54, 1.807) is 0 Å². The monoisotopic (exact) mass is 413 g/mol. The van der Waals surface area contributed by atoms with Crippen LogP contribution in [0.1, 0.15) is 32.5 Å². The Hall–Kier alpha value is -3.44. The number of hydrogen-bond acceptors (Lipinski definition) is 4. The van der Waals surface area contributed by atoms with E-state index in [0.29, 0.717) is 4.88 Å². The van der Waals surface area contributed by atoms with Crippen LogP contribution in [0.15, 0.2) is 91.0 Å². The molecule has 0 atom stereocenters. The van der Waals surface area contributed by atoms with Crippen LogP contribution in [0.4, 0.5) is 10.8 Å². The molecule has 1 aromatic heterocycles. The lowest BCUT2D eigenvalue weighted by Crippen LogP contribution is -2.29. The van der Waals surface area contributed by atoms with Gasteiger partial charge in [-0.05, 0) is 30.2 Å². The molecule has 3 aromatic carbocycles. The highest BCUT2D eigenvalue weighted by atomic mass is 32.1. The maximum absolute atomic E-state index is 13.2. The van der Waals surface area contributed by atoms with E-state index < -0.39 is 0 Å². The number of benzene rings is 3. The molecule has 1 N–H and O–H groups in total. The van der Waals surface area contributed by atoms with Gasteiger partial charge in [0, 0.05) is 12.7 Å². The van der Waals surface area contributed by atoms with Crippen LogP contribution in [0.5, 0.6) is 0 Å². The summed E-state index contributed by atoms with van der Waals surface area (Å²) in [6.45, 7) is 1.88. The second-order valence-corrected chi connectivity index (χ2v) is 8.01. The fraction of sp³-hybridized carbons (Fsp3) is 0.120. The van der Waals surface area contributed by atoms with Crippen LogP contribution in [0.3, 0.4) is 0 Å². The van der Waals surface area contributed by atoms with Gasteiger partial charge >= 0.3 is 0 Å². The Morgan fingerprint density at radius 2 is 1.37 bits per heavy atom. The van der Waals surface area contributed by atoms with Crippen molar-refractivity contribution in [2.45, 2.75) is 13.0 Å². The lowest BCUT2D eigenvalue weighted by Gasteiger charge is -2.19. The third-order valence-corrected chi connectivity index (χ3v) is 6.20. The first-order valence-electron chi connectivity index (χ1n) is 9.80. The minimum absolute atomic E-state index is 0.115. The van der Waals surface area contributed by atoms with Crippen molar-refractivity contribution in [3.8, 4) is 0 Å². The highest BCUT2D eigenvalue weighted by molar-refractivity contribution is 7.17. The Morgan fingerprint density at radius 3 is 1.90 bits per heavy atom. The predicted molar refractivity (Wildman–Crippen MR) is 124 cm³/mol. The normalized spacial score (nSPS) is 10.8. The summed E-state index contributed by atoms with van der Waals surface area (Å²) < 4.78 is 0. The average Bonchev–Trinajstić information content (AvgIpc) is 3.20. The third-order valence-electron chi connectivity index (χ3n) is 4.96. The summed E-state index contributed by atoms with van der Waals surface area (Å²) in [4.78, 5) is 20.5. The standard InChI is InChI=1S/C25H23N3OS/c1-18-23(30-25(26-18)28(2)21-16-10-5-11-17-21)24(29)27-22(19-12-6-3-7-13-19)20-14-8-4-9-15-20/h3-17,22H,1-2H3,(H,27,29). The number of anilines is 2. The van der Waals surface area contributed by atoms with Crippen molar-refractivity contribution >= 4 is 28.1 Å². The summed E-state index contributed by atoms with van der Waals surface area (Å²) in [5.41, 5.74) is 3.85. The number of carbonyl (C=O) groups excluding carboxylic acids is 1. The molecule has 0 aliphatic heterocycles. The second kappa shape index (κ2) is 8.93. The molecular formula is C25H23N3OS. The first kappa shape index (κ1) is 19.9. The van der Waals surface area contributed by atoms with Crippen molar-refractivity contribution < 1.29 is 4.79 Å². The number of aryl methyl sites for hydroxylation is 1. The molecule has 0 fully saturated rings. The summed E-state index contributed by atoms with van der Waals surface area (Å²) in [7, 11) is 1.96. The summed E-state index contributed by atoms with van der Waals surface area (Å²) in [6.07, 6.45) is 0. The number of nitrogens with one attached hydrogen (secondary N) is 1. The average molecular weight is 414 g/mol. The van der Waals surface area contributed by atoms with Gasteiger partial charge in [0.15, 0.2) is 5.13 Å². The van der Waals surface area contributed by atoms with Gasteiger partial charge in [-0.3, -0.25) is 4.79 Å². The van der Waals surface area contributed by atoms with Gasteiger partial charge in [-0.25, -0.2) is 4.98 Å². The highest BCUT2D eigenvalue weighted by Crippen LogP contribution is 2.31. The molecule has 4 aromatic rings. The van der Waals surface area contributed by atoms with E-state index >= 15 is 0 Å². The number of thiazole rings is 1. The van der Waals surface area contributed by atoms with Gasteiger partial charge in [-0.15, -0.1) is 0 Å². The summed E-state index contributed by atoms with van der Waals surface area (Å²) in [5, 5.41) is 4.00. The van der Waals surface area contributed by atoms with E-state index in [2.05, 4.69) is 10.3 Å². The maximum Gasteiger partial charge on any atom is 0.264 e. The summed E-state index contributed by atoms with van der Waals surface area (Å²) in [6, 6.07) is 29.8. The van der Waals surface area contributed by atoms with Crippen molar-refractivity contribution in [1.82, 2.24) is 10.3 Å². The van der Waals surface area contributed by atoms with Crippen LogP contribution in [0.2, 0.25) is 0 Å². The number of hydrogen-bond donors (Lipinski definition) is 1. The van der Waals surface area contributed by atoms with Crippen LogP contribution in [0.25, 0.3) is 0 Å². The zero-order valence-electron chi connectivity index (χ0n) is 16.9. The number of aromatic nitrogens is 1. The zero-order valence-corrected chi connectivity index (χ0v) is 17.8. The smallest absolute Gasteiger partial charge is 0.264 e. The molecule has 0 saturated carbocycles. The minimum atomic E-state index is -0.225. The Kier molecular flexibility index (Phi) is 5.91. The quantitative estimate of drug-likeness (QED) is 0.438. The third kappa shape index (κ3) is 4.26. The summed E-state index contributed by atoms with van der Waals surface area (Å²) >= 11 is 1.41. The number of rotatable bonds is 6. The molecule has 30 heavy (non-hydrogen) atoms. The van der Waals surface area contributed by atoms with Gasteiger partial charge in [-0.2, -0.15) is 0 Å². The van der Waals surface area contributed by atoms with Gasteiger partial charge in [-0.1, -0.05) is 90.2 Å². The number of amides is 1.